The Morgan fingerprint density at radius 1 is 0.972 bits per heavy atom. The summed E-state index contributed by atoms with van der Waals surface area (Å²) in [5.41, 5.74) is 3.79. The summed E-state index contributed by atoms with van der Waals surface area (Å²) in [5.74, 6) is -0.530. The number of hydrogen-bond acceptors (Lipinski definition) is 4. The van der Waals surface area contributed by atoms with Gasteiger partial charge < -0.3 is 15.0 Å². The van der Waals surface area contributed by atoms with E-state index in [1.807, 2.05) is 49.4 Å². The number of hydrogen-bond donors (Lipinski definition) is 1. The van der Waals surface area contributed by atoms with Crippen LogP contribution in [0.25, 0.3) is 0 Å². The number of benzene rings is 3. The van der Waals surface area contributed by atoms with Gasteiger partial charge in [0, 0.05) is 37.4 Å². The number of aryl methyl sites for hydroxylation is 1. The number of anilines is 1. The van der Waals surface area contributed by atoms with E-state index in [1.54, 1.807) is 23.1 Å². The van der Waals surface area contributed by atoms with Crippen LogP contribution in [-0.2, 0) is 22.5 Å². The van der Waals surface area contributed by atoms with Gasteiger partial charge in [-0.2, -0.15) is 0 Å². The van der Waals surface area contributed by atoms with Gasteiger partial charge in [0.25, 0.3) is 5.91 Å². The molecule has 6 nitrogen and oxygen atoms in total. The lowest BCUT2D eigenvalue weighted by atomic mass is 10.1. The maximum Gasteiger partial charge on any atom is 0.258 e. The van der Waals surface area contributed by atoms with Crippen molar-refractivity contribution in [3.8, 4) is 0 Å². The third kappa shape index (κ3) is 6.99. The molecule has 2 amide bonds. The van der Waals surface area contributed by atoms with Gasteiger partial charge in [0.15, 0.2) is 0 Å². The fraction of sp³-hybridized carbons (Fsp3) is 0.310. The fourth-order valence-electron chi connectivity index (χ4n) is 4.27. The van der Waals surface area contributed by atoms with Gasteiger partial charge in [-0.15, -0.1) is 0 Å². The molecule has 1 saturated heterocycles. The van der Waals surface area contributed by atoms with Gasteiger partial charge in [0.1, 0.15) is 5.82 Å². The van der Waals surface area contributed by atoms with E-state index in [-0.39, 0.29) is 30.6 Å². The van der Waals surface area contributed by atoms with Crippen molar-refractivity contribution >= 4 is 17.5 Å². The second-order valence-corrected chi connectivity index (χ2v) is 8.98. The second kappa shape index (κ2) is 12.4. The maximum absolute atomic E-state index is 13.6. The number of nitrogens with zero attached hydrogens (tertiary/aromatic N) is 2. The number of nitrogens with one attached hydrogen (secondary N) is 1. The summed E-state index contributed by atoms with van der Waals surface area (Å²) in [6.45, 7) is 6.80. The smallest absolute Gasteiger partial charge is 0.258 e. The van der Waals surface area contributed by atoms with E-state index >= 15 is 0 Å². The predicted octanol–water partition coefficient (Wildman–Crippen LogP) is 3.97. The van der Waals surface area contributed by atoms with Crippen molar-refractivity contribution in [1.82, 2.24) is 10.2 Å². The minimum atomic E-state index is -0.322. The van der Waals surface area contributed by atoms with Crippen LogP contribution in [0.1, 0.15) is 27.0 Å². The molecule has 1 aliphatic rings. The molecule has 188 valence electrons. The van der Waals surface area contributed by atoms with Crippen molar-refractivity contribution in [3.05, 3.63) is 101 Å². The quantitative estimate of drug-likeness (QED) is 0.494. The molecule has 0 aliphatic carbocycles. The van der Waals surface area contributed by atoms with Crippen LogP contribution in [0.15, 0.2) is 72.8 Å². The van der Waals surface area contributed by atoms with Crippen molar-refractivity contribution in [1.29, 1.82) is 0 Å². The monoisotopic (exact) mass is 489 g/mol. The van der Waals surface area contributed by atoms with E-state index in [2.05, 4.69) is 10.2 Å². The number of morpholine rings is 1. The first-order chi connectivity index (χ1) is 17.5. The molecule has 3 aromatic carbocycles. The highest BCUT2D eigenvalue weighted by Crippen LogP contribution is 2.23. The van der Waals surface area contributed by atoms with Crippen LogP contribution in [0.5, 0.6) is 0 Å². The lowest BCUT2D eigenvalue weighted by molar-refractivity contribution is -0.120. The molecule has 1 aliphatic heterocycles. The molecular formula is C29H32FN3O3. The van der Waals surface area contributed by atoms with Crippen molar-refractivity contribution in [2.24, 2.45) is 0 Å². The molecule has 0 radical (unpaired) electrons. The largest absolute Gasteiger partial charge is 0.379 e. The van der Waals surface area contributed by atoms with Crippen molar-refractivity contribution in [2.45, 2.75) is 19.9 Å². The molecule has 0 unspecified atom stereocenters. The zero-order valence-electron chi connectivity index (χ0n) is 20.6. The Morgan fingerprint density at radius 2 is 1.72 bits per heavy atom. The Morgan fingerprint density at radius 3 is 2.47 bits per heavy atom. The normalized spacial score (nSPS) is 13.8. The highest BCUT2D eigenvalue weighted by molar-refractivity contribution is 6.07. The van der Waals surface area contributed by atoms with E-state index in [4.69, 9.17) is 4.74 Å². The second-order valence-electron chi connectivity index (χ2n) is 8.98. The summed E-state index contributed by atoms with van der Waals surface area (Å²) in [4.78, 5) is 30.2. The summed E-state index contributed by atoms with van der Waals surface area (Å²) in [6, 6.07) is 21.1. The summed E-state index contributed by atoms with van der Waals surface area (Å²) in [5, 5.41) is 2.99. The van der Waals surface area contributed by atoms with E-state index in [1.165, 1.54) is 12.1 Å². The first-order valence-corrected chi connectivity index (χ1v) is 12.3. The molecule has 7 heteroatoms. The minimum Gasteiger partial charge on any atom is -0.379 e. The van der Waals surface area contributed by atoms with E-state index < -0.39 is 0 Å². The number of carbonyl (C=O) groups is 2. The van der Waals surface area contributed by atoms with Crippen LogP contribution < -0.4 is 10.2 Å². The molecule has 1 N–H and O–H groups in total. The van der Waals surface area contributed by atoms with Gasteiger partial charge in [-0.25, -0.2) is 4.39 Å². The highest BCUT2D eigenvalue weighted by Gasteiger charge is 2.20. The number of ether oxygens (including phenoxy) is 1. The fourth-order valence-corrected chi connectivity index (χ4v) is 4.27. The predicted molar refractivity (Wildman–Crippen MR) is 139 cm³/mol. The van der Waals surface area contributed by atoms with Crippen LogP contribution in [0, 0.1) is 12.7 Å². The van der Waals surface area contributed by atoms with Crippen LogP contribution in [0.3, 0.4) is 0 Å². The van der Waals surface area contributed by atoms with Gasteiger partial charge >= 0.3 is 0 Å². The third-order valence-electron chi connectivity index (χ3n) is 6.32. The Balaban J connectivity index is 1.48. The lowest BCUT2D eigenvalue weighted by Gasteiger charge is -2.26. The van der Waals surface area contributed by atoms with Crippen LogP contribution in [-0.4, -0.2) is 56.1 Å². The summed E-state index contributed by atoms with van der Waals surface area (Å²) in [7, 11) is 0. The van der Waals surface area contributed by atoms with E-state index in [9.17, 15) is 14.0 Å². The van der Waals surface area contributed by atoms with Crippen LogP contribution >= 0.6 is 0 Å². The first-order valence-electron chi connectivity index (χ1n) is 12.3. The summed E-state index contributed by atoms with van der Waals surface area (Å²) < 4.78 is 18.8. The molecule has 0 spiro atoms. The van der Waals surface area contributed by atoms with Gasteiger partial charge in [0.05, 0.1) is 26.2 Å². The Hall–Kier alpha value is -3.55. The molecule has 0 atom stereocenters. The standard InChI is InChI=1S/C29H32FN3O3/c1-22-5-2-3-8-27(22)29(35)33(21-23-9-11-25(30)12-10-23)26-7-4-6-24(19-26)20-28(34)31-13-14-32-15-17-36-18-16-32/h2-12,19H,13-18,20-21H2,1H3,(H,31,34). The van der Waals surface area contributed by atoms with Crippen molar-refractivity contribution < 1.29 is 18.7 Å². The van der Waals surface area contributed by atoms with Crippen LogP contribution in [0.4, 0.5) is 10.1 Å². The molecule has 36 heavy (non-hydrogen) atoms. The zero-order valence-corrected chi connectivity index (χ0v) is 20.6. The van der Waals surface area contributed by atoms with Gasteiger partial charge in [-0.05, 0) is 53.9 Å². The maximum atomic E-state index is 13.6. The number of carbonyl (C=O) groups excluding carboxylic acids is 2. The van der Waals surface area contributed by atoms with E-state index in [0.29, 0.717) is 17.8 Å². The molecule has 1 fully saturated rings. The SMILES string of the molecule is Cc1ccccc1C(=O)N(Cc1ccc(F)cc1)c1cccc(CC(=O)NCCN2CCOCC2)c1. The number of halogens is 1. The lowest BCUT2D eigenvalue weighted by Crippen LogP contribution is -2.41. The Kier molecular flexibility index (Phi) is 8.81. The number of amides is 2. The Labute approximate surface area is 211 Å². The topological polar surface area (TPSA) is 61.9 Å². The van der Waals surface area contributed by atoms with Gasteiger partial charge in [-0.3, -0.25) is 14.5 Å². The molecule has 4 rings (SSSR count). The molecule has 0 bridgehead atoms. The van der Waals surface area contributed by atoms with Crippen LogP contribution in [0.2, 0.25) is 0 Å². The van der Waals surface area contributed by atoms with E-state index in [0.717, 1.165) is 49.5 Å². The van der Waals surface area contributed by atoms with Crippen molar-refractivity contribution in [3.63, 3.8) is 0 Å². The first kappa shape index (κ1) is 25.5. The molecule has 0 saturated carbocycles. The average Bonchev–Trinajstić information content (AvgIpc) is 2.89. The molecular weight excluding hydrogens is 457 g/mol. The van der Waals surface area contributed by atoms with Gasteiger partial charge in [-0.1, -0.05) is 42.5 Å². The Bertz CT molecular complexity index is 1180. The summed E-state index contributed by atoms with van der Waals surface area (Å²) >= 11 is 0. The molecule has 1 heterocycles. The third-order valence-corrected chi connectivity index (χ3v) is 6.32. The highest BCUT2D eigenvalue weighted by atomic mass is 19.1. The minimum absolute atomic E-state index is 0.0595. The van der Waals surface area contributed by atoms with Crippen molar-refractivity contribution in [2.75, 3.05) is 44.3 Å². The number of rotatable bonds is 9. The zero-order chi connectivity index (χ0) is 25.3. The molecule has 3 aromatic rings. The summed E-state index contributed by atoms with van der Waals surface area (Å²) in [6.07, 6.45) is 0.222. The molecule has 0 aromatic heterocycles. The van der Waals surface area contributed by atoms with Gasteiger partial charge in [0.2, 0.25) is 5.91 Å². The average molecular weight is 490 g/mol.